The van der Waals surface area contributed by atoms with Crippen molar-refractivity contribution in [1.29, 1.82) is 0 Å². The Hall–Kier alpha value is -1.20. The molecule has 1 unspecified atom stereocenters. The Labute approximate surface area is 131 Å². The van der Waals surface area contributed by atoms with Crippen molar-refractivity contribution in [3.8, 4) is 0 Å². The van der Waals surface area contributed by atoms with Gasteiger partial charge in [0.05, 0.1) is 5.39 Å². The predicted octanol–water partition coefficient (Wildman–Crippen LogP) is 4.70. The van der Waals surface area contributed by atoms with Crippen molar-refractivity contribution in [3.05, 3.63) is 16.8 Å². The minimum atomic E-state index is -0.00557. The summed E-state index contributed by atoms with van der Waals surface area (Å²) in [5, 5.41) is 4.56. The van der Waals surface area contributed by atoms with Gasteiger partial charge in [0.2, 0.25) is 0 Å². The number of aryl methyl sites for hydroxylation is 1. The third-order valence-corrected chi connectivity index (χ3v) is 4.23. The number of rotatable bonds is 8. The minimum Gasteiger partial charge on any atom is -0.371 e. The van der Waals surface area contributed by atoms with Crippen LogP contribution in [0.2, 0.25) is 0 Å². The first kappa shape index (κ1) is 16.2. The molecule has 0 bridgehead atoms. The van der Waals surface area contributed by atoms with Gasteiger partial charge in [-0.3, -0.25) is 0 Å². The van der Waals surface area contributed by atoms with Crippen molar-refractivity contribution in [3.63, 3.8) is 0 Å². The molecule has 1 atom stereocenters. The standard InChI is InChI=1S/C16H25N3OS/c1-5-8-13(20-7-3)15-18-14(17-9-6-2)12-10-11(4)21-16(12)19-15/h10,13H,5-9H2,1-4H3,(H,17,18,19). The van der Waals surface area contributed by atoms with E-state index in [4.69, 9.17) is 14.7 Å². The van der Waals surface area contributed by atoms with Crippen LogP contribution in [0.15, 0.2) is 6.07 Å². The lowest BCUT2D eigenvalue weighted by Crippen LogP contribution is -2.11. The highest BCUT2D eigenvalue weighted by Gasteiger charge is 2.18. The quantitative estimate of drug-likeness (QED) is 0.768. The molecule has 2 rings (SSSR count). The summed E-state index contributed by atoms with van der Waals surface area (Å²) in [6.07, 6.45) is 3.09. The number of anilines is 1. The second-order valence-electron chi connectivity index (χ2n) is 5.17. The van der Waals surface area contributed by atoms with E-state index in [2.05, 4.69) is 32.2 Å². The fraction of sp³-hybridized carbons (Fsp3) is 0.625. The van der Waals surface area contributed by atoms with E-state index < -0.39 is 0 Å². The lowest BCUT2D eigenvalue weighted by atomic mass is 10.2. The summed E-state index contributed by atoms with van der Waals surface area (Å²) >= 11 is 1.72. The van der Waals surface area contributed by atoms with E-state index in [-0.39, 0.29) is 6.10 Å². The molecular weight excluding hydrogens is 282 g/mol. The fourth-order valence-corrected chi connectivity index (χ4v) is 3.22. The molecule has 21 heavy (non-hydrogen) atoms. The van der Waals surface area contributed by atoms with Gasteiger partial charge in [-0.25, -0.2) is 9.97 Å². The van der Waals surface area contributed by atoms with E-state index in [0.29, 0.717) is 6.61 Å². The molecule has 5 heteroatoms. The smallest absolute Gasteiger partial charge is 0.161 e. The second-order valence-corrected chi connectivity index (χ2v) is 6.40. The van der Waals surface area contributed by atoms with Gasteiger partial charge in [-0.2, -0.15) is 0 Å². The van der Waals surface area contributed by atoms with Crippen LogP contribution in [0.5, 0.6) is 0 Å². The van der Waals surface area contributed by atoms with E-state index in [9.17, 15) is 0 Å². The zero-order chi connectivity index (χ0) is 15.2. The number of nitrogens with one attached hydrogen (secondary N) is 1. The number of hydrogen-bond donors (Lipinski definition) is 1. The monoisotopic (exact) mass is 307 g/mol. The molecule has 2 aromatic heterocycles. The summed E-state index contributed by atoms with van der Waals surface area (Å²) in [6, 6.07) is 2.16. The number of thiophene rings is 1. The molecule has 0 fully saturated rings. The van der Waals surface area contributed by atoms with E-state index in [1.54, 1.807) is 11.3 Å². The summed E-state index contributed by atoms with van der Waals surface area (Å²) in [6.45, 7) is 10.1. The Morgan fingerprint density at radius 3 is 2.71 bits per heavy atom. The molecule has 0 spiro atoms. The van der Waals surface area contributed by atoms with Crippen LogP contribution >= 0.6 is 11.3 Å². The second kappa shape index (κ2) is 7.71. The number of aromatic nitrogens is 2. The van der Waals surface area contributed by atoms with E-state index in [1.165, 1.54) is 4.88 Å². The molecule has 0 aliphatic rings. The molecule has 0 aromatic carbocycles. The molecule has 0 saturated heterocycles. The van der Waals surface area contributed by atoms with Gasteiger partial charge in [0, 0.05) is 18.0 Å². The molecule has 1 N–H and O–H groups in total. The third kappa shape index (κ3) is 3.92. The zero-order valence-corrected chi connectivity index (χ0v) is 14.2. The van der Waals surface area contributed by atoms with Gasteiger partial charge in [-0.05, 0) is 32.8 Å². The van der Waals surface area contributed by atoms with E-state index in [1.807, 2.05) is 6.92 Å². The van der Waals surface area contributed by atoms with Crippen LogP contribution in [0.1, 0.15) is 56.8 Å². The Kier molecular flexibility index (Phi) is 5.94. The summed E-state index contributed by atoms with van der Waals surface area (Å²) in [5.74, 6) is 1.76. The zero-order valence-electron chi connectivity index (χ0n) is 13.4. The average molecular weight is 307 g/mol. The van der Waals surface area contributed by atoms with Crippen LogP contribution in [0.4, 0.5) is 5.82 Å². The highest BCUT2D eigenvalue weighted by Crippen LogP contribution is 2.31. The number of ether oxygens (including phenoxy) is 1. The first-order valence-corrected chi connectivity index (χ1v) is 8.64. The van der Waals surface area contributed by atoms with Crippen LogP contribution in [-0.4, -0.2) is 23.1 Å². The SMILES string of the molecule is CCCNc1nc(C(CCC)OCC)nc2sc(C)cc12. The van der Waals surface area contributed by atoms with Gasteiger partial charge in [0.25, 0.3) is 0 Å². The van der Waals surface area contributed by atoms with Gasteiger partial charge in [0.15, 0.2) is 5.82 Å². The van der Waals surface area contributed by atoms with Crippen LogP contribution in [0.25, 0.3) is 10.2 Å². The van der Waals surface area contributed by atoms with Gasteiger partial charge in [-0.1, -0.05) is 20.3 Å². The van der Waals surface area contributed by atoms with Crippen LogP contribution in [-0.2, 0) is 4.74 Å². The normalized spacial score (nSPS) is 12.8. The lowest BCUT2D eigenvalue weighted by Gasteiger charge is -2.16. The van der Waals surface area contributed by atoms with E-state index in [0.717, 1.165) is 47.7 Å². The highest BCUT2D eigenvalue weighted by atomic mass is 32.1. The average Bonchev–Trinajstić information content (AvgIpc) is 2.84. The van der Waals surface area contributed by atoms with E-state index >= 15 is 0 Å². The number of nitrogens with zero attached hydrogens (tertiary/aromatic N) is 2. The summed E-state index contributed by atoms with van der Waals surface area (Å²) in [5.41, 5.74) is 0. The number of hydrogen-bond acceptors (Lipinski definition) is 5. The molecule has 2 heterocycles. The molecule has 0 saturated carbocycles. The first-order valence-electron chi connectivity index (χ1n) is 7.83. The van der Waals surface area contributed by atoms with Crippen molar-refractivity contribution in [2.75, 3.05) is 18.5 Å². The lowest BCUT2D eigenvalue weighted by molar-refractivity contribution is 0.0497. The van der Waals surface area contributed by atoms with Crippen molar-refractivity contribution in [2.24, 2.45) is 0 Å². The summed E-state index contributed by atoms with van der Waals surface area (Å²) in [4.78, 5) is 11.8. The van der Waals surface area contributed by atoms with Crippen molar-refractivity contribution in [1.82, 2.24) is 9.97 Å². The van der Waals surface area contributed by atoms with Crippen LogP contribution in [0, 0.1) is 6.92 Å². The van der Waals surface area contributed by atoms with Crippen molar-refractivity contribution < 1.29 is 4.74 Å². The molecule has 2 aromatic rings. The molecule has 4 nitrogen and oxygen atoms in total. The van der Waals surface area contributed by atoms with Crippen molar-refractivity contribution >= 4 is 27.4 Å². The molecule has 116 valence electrons. The number of fused-ring (bicyclic) bond motifs is 1. The predicted molar refractivity (Wildman–Crippen MR) is 90.2 cm³/mol. The third-order valence-electron chi connectivity index (χ3n) is 3.28. The van der Waals surface area contributed by atoms with Gasteiger partial charge in [-0.15, -0.1) is 11.3 Å². The largest absolute Gasteiger partial charge is 0.371 e. The van der Waals surface area contributed by atoms with Crippen LogP contribution < -0.4 is 5.32 Å². The van der Waals surface area contributed by atoms with Gasteiger partial charge in [0.1, 0.15) is 16.8 Å². The van der Waals surface area contributed by atoms with Gasteiger partial charge >= 0.3 is 0 Å². The highest BCUT2D eigenvalue weighted by molar-refractivity contribution is 7.18. The summed E-state index contributed by atoms with van der Waals surface area (Å²) < 4.78 is 5.84. The van der Waals surface area contributed by atoms with Crippen LogP contribution in [0.3, 0.4) is 0 Å². The Bertz CT molecular complexity index is 576. The Morgan fingerprint density at radius 1 is 1.24 bits per heavy atom. The first-order chi connectivity index (χ1) is 10.2. The molecular formula is C16H25N3OS. The Morgan fingerprint density at radius 2 is 2.05 bits per heavy atom. The Balaban J connectivity index is 2.42. The van der Waals surface area contributed by atoms with Gasteiger partial charge < -0.3 is 10.1 Å². The molecule has 0 radical (unpaired) electrons. The molecule has 0 amide bonds. The maximum atomic E-state index is 5.84. The fourth-order valence-electron chi connectivity index (χ4n) is 2.33. The van der Waals surface area contributed by atoms with Crippen molar-refractivity contribution in [2.45, 2.75) is 53.1 Å². The molecule has 0 aliphatic heterocycles. The maximum Gasteiger partial charge on any atom is 0.161 e. The topological polar surface area (TPSA) is 47.0 Å². The maximum absolute atomic E-state index is 5.84. The molecule has 0 aliphatic carbocycles. The summed E-state index contributed by atoms with van der Waals surface area (Å²) in [7, 11) is 0. The minimum absolute atomic E-state index is 0.00557.